The molecule has 0 N–H and O–H groups in total. The maximum Gasteiger partial charge on any atom is 0.433 e. The highest BCUT2D eigenvalue weighted by Crippen LogP contribution is 2.28. The number of rotatable bonds is 2. The molecule has 2 aromatic heterocycles. The lowest BCUT2D eigenvalue weighted by atomic mass is 10.2. The Balaban J connectivity index is 2.18. The summed E-state index contributed by atoms with van der Waals surface area (Å²) < 4.78 is 45.6. The molecule has 1 atom stereocenters. The Morgan fingerprint density at radius 2 is 2.09 bits per heavy atom. The Kier molecular flexibility index (Phi) is 3.75. The lowest BCUT2D eigenvalue weighted by Crippen LogP contribution is -2.42. The highest BCUT2D eigenvalue weighted by atomic mass is 19.4. The van der Waals surface area contributed by atoms with E-state index in [0.717, 1.165) is 34.1 Å². The highest BCUT2D eigenvalue weighted by molar-refractivity contribution is 5.74. The second-order valence-corrected chi connectivity index (χ2v) is 5.46. The first-order chi connectivity index (χ1) is 10.8. The molecule has 6 nitrogen and oxygen atoms in total. The molecule has 0 spiro atoms. The van der Waals surface area contributed by atoms with E-state index in [1.54, 1.807) is 0 Å². The first kappa shape index (κ1) is 15.7. The molecule has 3 rings (SSSR count). The van der Waals surface area contributed by atoms with Crippen LogP contribution in [0.2, 0.25) is 0 Å². The minimum Gasteiger partial charge on any atom is -0.376 e. The van der Waals surface area contributed by atoms with E-state index in [-0.39, 0.29) is 23.7 Å². The van der Waals surface area contributed by atoms with Gasteiger partial charge in [-0.3, -0.25) is 13.9 Å². The van der Waals surface area contributed by atoms with Gasteiger partial charge < -0.3 is 4.74 Å². The maximum absolute atomic E-state index is 12.7. The summed E-state index contributed by atoms with van der Waals surface area (Å²) in [5.41, 5.74) is -2.78. The largest absolute Gasteiger partial charge is 0.433 e. The van der Waals surface area contributed by atoms with Crippen molar-refractivity contribution >= 4 is 11.0 Å². The van der Waals surface area contributed by atoms with Crippen molar-refractivity contribution in [1.82, 2.24) is 14.1 Å². The van der Waals surface area contributed by atoms with E-state index in [1.807, 2.05) is 0 Å². The Morgan fingerprint density at radius 3 is 2.70 bits per heavy atom. The number of hydrogen-bond acceptors (Lipinski definition) is 4. The third-order valence-electron chi connectivity index (χ3n) is 3.89. The zero-order valence-corrected chi connectivity index (χ0v) is 12.3. The summed E-state index contributed by atoms with van der Waals surface area (Å²) in [6, 6.07) is 1.80. The van der Waals surface area contributed by atoms with Crippen LogP contribution in [0.5, 0.6) is 0 Å². The average molecular weight is 329 g/mol. The number of ether oxygens (including phenoxy) is 1. The summed E-state index contributed by atoms with van der Waals surface area (Å²) in [7, 11) is 1.29. The lowest BCUT2D eigenvalue weighted by Gasteiger charge is -2.14. The van der Waals surface area contributed by atoms with Gasteiger partial charge in [0.1, 0.15) is 11.3 Å². The summed E-state index contributed by atoms with van der Waals surface area (Å²) >= 11 is 0. The van der Waals surface area contributed by atoms with Crippen LogP contribution in [-0.2, 0) is 24.5 Å². The van der Waals surface area contributed by atoms with E-state index in [2.05, 4.69) is 4.98 Å². The van der Waals surface area contributed by atoms with Crippen LogP contribution in [0.1, 0.15) is 18.5 Å². The monoisotopic (exact) mass is 329 g/mol. The lowest BCUT2D eigenvalue weighted by molar-refractivity contribution is -0.141. The molecule has 0 aliphatic carbocycles. The smallest absolute Gasteiger partial charge is 0.376 e. The van der Waals surface area contributed by atoms with Gasteiger partial charge in [0, 0.05) is 13.7 Å². The van der Waals surface area contributed by atoms with Gasteiger partial charge in [-0.25, -0.2) is 9.78 Å². The predicted octanol–water partition coefficient (Wildman–Crippen LogP) is 1.29. The fraction of sp³-hybridized carbons (Fsp3) is 0.500. The van der Waals surface area contributed by atoms with Crippen LogP contribution >= 0.6 is 0 Å². The fourth-order valence-corrected chi connectivity index (χ4v) is 2.69. The van der Waals surface area contributed by atoms with E-state index in [0.29, 0.717) is 6.61 Å². The highest BCUT2D eigenvalue weighted by Gasteiger charge is 2.33. The molecule has 9 heteroatoms. The quantitative estimate of drug-likeness (QED) is 0.833. The van der Waals surface area contributed by atoms with Gasteiger partial charge in [-0.15, -0.1) is 0 Å². The first-order valence-corrected chi connectivity index (χ1v) is 7.08. The summed E-state index contributed by atoms with van der Waals surface area (Å²) in [6.45, 7) is 0.659. The van der Waals surface area contributed by atoms with Gasteiger partial charge in [0.15, 0.2) is 0 Å². The van der Waals surface area contributed by atoms with Crippen molar-refractivity contribution in [2.24, 2.45) is 7.05 Å². The van der Waals surface area contributed by atoms with Crippen LogP contribution in [0.25, 0.3) is 11.0 Å². The standard InChI is InChI=1S/C14H14F3N3O3/c1-19-11-9(4-5-10(18-11)14(15,16)17)12(21)20(13(19)22)7-8-3-2-6-23-8/h4-5,8H,2-3,6-7H2,1H3/t8-/m0/s1. The second kappa shape index (κ2) is 5.48. The normalized spacial score (nSPS) is 18.7. The van der Waals surface area contributed by atoms with Gasteiger partial charge >= 0.3 is 11.9 Å². The van der Waals surface area contributed by atoms with Crippen LogP contribution in [0.3, 0.4) is 0 Å². The number of hydrogen-bond donors (Lipinski definition) is 0. The topological polar surface area (TPSA) is 66.1 Å². The van der Waals surface area contributed by atoms with Crippen molar-refractivity contribution in [2.75, 3.05) is 6.61 Å². The average Bonchev–Trinajstić information content (AvgIpc) is 3.01. The molecule has 0 saturated carbocycles. The molecular weight excluding hydrogens is 315 g/mol. The summed E-state index contributed by atoms with van der Waals surface area (Å²) in [6.07, 6.45) is -3.29. The summed E-state index contributed by atoms with van der Waals surface area (Å²) in [4.78, 5) is 28.2. The van der Waals surface area contributed by atoms with Crippen molar-refractivity contribution in [2.45, 2.75) is 31.7 Å². The van der Waals surface area contributed by atoms with Crippen molar-refractivity contribution in [1.29, 1.82) is 0 Å². The maximum atomic E-state index is 12.7. The number of aryl methyl sites for hydroxylation is 1. The molecule has 1 aliphatic heterocycles. The van der Waals surface area contributed by atoms with Crippen molar-refractivity contribution < 1.29 is 17.9 Å². The third kappa shape index (κ3) is 2.76. The molecule has 0 amide bonds. The number of alkyl halides is 3. The number of halogens is 3. The molecule has 1 saturated heterocycles. The fourth-order valence-electron chi connectivity index (χ4n) is 2.69. The van der Waals surface area contributed by atoms with E-state index >= 15 is 0 Å². The van der Waals surface area contributed by atoms with Crippen LogP contribution in [0.15, 0.2) is 21.7 Å². The van der Waals surface area contributed by atoms with Crippen LogP contribution in [-0.4, -0.2) is 26.8 Å². The van der Waals surface area contributed by atoms with Crippen molar-refractivity contribution in [3.05, 3.63) is 38.7 Å². The molecular formula is C14H14F3N3O3. The molecule has 2 aromatic rings. The van der Waals surface area contributed by atoms with E-state index < -0.39 is 23.1 Å². The van der Waals surface area contributed by atoms with Gasteiger partial charge in [0.25, 0.3) is 5.56 Å². The van der Waals surface area contributed by atoms with Crippen molar-refractivity contribution in [3.63, 3.8) is 0 Å². The second-order valence-electron chi connectivity index (χ2n) is 5.46. The van der Waals surface area contributed by atoms with Gasteiger partial charge in [0.2, 0.25) is 0 Å². The Bertz CT molecular complexity index is 864. The Labute approximate surface area is 128 Å². The Hall–Kier alpha value is -2.16. The summed E-state index contributed by atoms with van der Waals surface area (Å²) in [5, 5.41) is -0.0295. The van der Waals surface area contributed by atoms with E-state index in [4.69, 9.17) is 4.74 Å². The van der Waals surface area contributed by atoms with E-state index in [1.165, 1.54) is 7.05 Å². The molecule has 0 unspecified atom stereocenters. The van der Waals surface area contributed by atoms with Crippen molar-refractivity contribution in [3.8, 4) is 0 Å². The predicted molar refractivity (Wildman–Crippen MR) is 75.2 cm³/mol. The molecule has 23 heavy (non-hydrogen) atoms. The minimum absolute atomic E-state index is 0.0295. The minimum atomic E-state index is -4.64. The third-order valence-corrected chi connectivity index (χ3v) is 3.89. The van der Waals surface area contributed by atoms with Crippen LogP contribution in [0, 0.1) is 0 Å². The van der Waals surface area contributed by atoms with Crippen LogP contribution in [0.4, 0.5) is 13.2 Å². The zero-order valence-electron chi connectivity index (χ0n) is 12.3. The zero-order chi connectivity index (χ0) is 16.8. The molecule has 0 bridgehead atoms. The molecule has 1 aliphatic rings. The first-order valence-electron chi connectivity index (χ1n) is 7.08. The number of aromatic nitrogens is 3. The van der Waals surface area contributed by atoms with Crippen LogP contribution < -0.4 is 11.2 Å². The SMILES string of the molecule is Cn1c(=O)n(C[C@@H]2CCCO2)c(=O)c2ccc(C(F)(F)F)nc21. The molecule has 0 aromatic carbocycles. The van der Waals surface area contributed by atoms with Gasteiger partial charge in [-0.2, -0.15) is 13.2 Å². The van der Waals surface area contributed by atoms with Gasteiger partial charge in [-0.1, -0.05) is 0 Å². The summed E-state index contributed by atoms with van der Waals surface area (Å²) in [5.74, 6) is 0. The number of nitrogens with zero attached hydrogens (tertiary/aromatic N) is 3. The molecule has 124 valence electrons. The van der Waals surface area contributed by atoms with Gasteiger partial charge in [-0.05, 0) is 25.0 Å². The molecule has 0 radical (unpaired) electrons. The molecule has 1 fully saturated rings. The number of pyridine rings is 1. The number of fused-ring (bicyclic) bond motifs is 1. The van der Waals surface area contributed by atoms with E-state index in [9.17, 15) is 22.8 Å². The van der Waals surface area contributed by atoms with Gasteiger partial charge in [0.05, 0.1) is 18.0 Å². The molecule has 3 heterocycles. The Morgan fingerprint density at radius 1 is 1.35 bits per heavy atom.